The number of nitrogens with two attached hydrogens (primary N) is 1. The molecule has 2 unspecified atom stereocenters. The van der Waals surface area contributed by atoms with E-state index in [4.69, 9.17) is 10.6 Å². The molecule has 0 aliphatic carbocycles. The summed E-state index contributed by atoms with van der Waals surface area (Å²) in [6.07, 6.45) is -0.262. The van der Waals surface area contributed by atoms with E-state index in [1.165, 1.54) is 0 Å². The van der Waals surface area contributed by atoms with Gasteiger partial charge in [-0.05, 0) is 13.8 Å². The predicted molar refractivity (Wildman–Crippen MR) is 71.1 cm³/mol. The van der Waals surface area contributed by atoms with Crippen LogP contribution in [0.1, 0.15) is 20.8 Å². The van der Waals surface area contributed by atoms with Gasteiger partial charge in [0.2, 0.25) is 5.91 Å². The molecule has 1 aliphatic rings. The number of carbonyl (C=O) groups is 2. The Kier molecular flexibility index (Phi) is 6.04. The molecule has 1 fully saturated rings. The summed E-state index contributed by atoms with van der Waals surface area (Å²) in [4.78, 5) is 27.0. The Labute approximate surface area is 114 Å². The van der Waals surface area contributed by atoms with Crippen molar-refractivity contribution in [2.24, 2.45) is 11.8 Å². The Bertz CT molecular complexity index is 316. The number of ether oxygens (including phenoxy) is 1. The molecule has 2 atom stereocenters. The van der Waals surface area contributed by atoms with Crippen molar-refractivity contribution in [3.63, 3.8) is 0 Å². The van der Waals surface area contributed by atoms with Crippen molar-refractivity contribution in [3.05, 3.63) is 0 Å². The normalized spacial score (nSPS) is 19.7. The quantitative estimate of drug-likeness (QED) is 0.419. The van der Waals surface area contributed by atoms with Crippen LogP contribution in [0.2, 0.25) is 0 Å². The fourth-order valence-electron chi connectivity index (χ4n) is 2.19. The van der Waals surface area contributed by atoms with E-state index in [2.05, 4.69) is 10.3 Å². The maximum atomic E-state index is 11.6. The summed E-state index contributed by atoms with van der Waals surface area (Å²) in [6.45, 7) is 8.77. The second-order valence-corrected chi connectivity index (χ2v) is 4.76. The highest BCUT2D eigenvalue weighted by Gasteiger charge is 2.29. The number of hydrogen-bond donors (Lipinski definition) is 2. The maximum absolute atomic E-state index is 11.6. The zero-order valence-electron chi connectivity index (χ0n) is 11.9. The summed E-state index contributed by atoms with van der Waals surface area (Å²) in [5.74, 6) is 4.80. The molecule has 0 spiro atoms. The van der Waals surface area contributed by atoms with E-state index in [-0.39, 0.29) is 24.0 Å². The third kappa shape index (κ3) is 4.07. The van der Waals surface area contributed by atoms with Crippen molar-refractivity contribution in [3.8, 4) is 0 Å². The first kappa shape index (κ1) is 15.7. The zero-order valence-corrected chi connectivity index (χ0v) is 11.9. The smallest absolute Gasteiger partial charge is 0.409 e. The van der Waals surface area contributed by atoms with Crippen molar-refractivity contribution in [1.82, 2.24) is 15.2 Å². The van der Waals surface area contributed by atoms with Crippen LogP contribution in [0, 0.1) is 5.92 Å². The molecule has 0 bridgehead atoms. The monoisotopic (exact) mass is 272 g/mol. The van der Waals surface area contributed by atoms with E-state index in [1.54, 1.807) is 11.8 Å². The molecule has 0 aromatic rings. The second-order valence-electron chi connectivity index (χ2n) is 4.76. The number of nitrogens with zero attached hydrogens (tertiary/aromatic N) is 2. The molecule has 0 aromatic carbocycles. The molecule has 3 N–H and O–H groups in total. The van der Waals surface area contributed by atoms with Gasteiger partial charge in [0.05, 0.1) is 12.5 Å². The van der Waals surface area contributed by atoms with Gasteiger partial charge in [-0.15, -0.1) is 0 Å². The minimum Gasteiger partial charge on any atom is -0.450 e. The lowest BCUT2D eigenvalue weighted by Gasteiger charge is -2.39. The van der Waals surface area contributed by atoms with Crippen LogP contribution in [0.15, 0.2) is 0 Å². The first-order chi connectivity index (χ1) is 9.01. The van der Waals surface area contributed by atoms with Gasteiger partial charge in [-0.3, -0.25) is 15.1 Å². The highest BCUT2D eigenvalue weighted by atomic mass is 16.6. The standard InChI is InChI=1S/C12H24N4O3/c1-4-19-12(18)16-7-5-15(6-8-16)10(3)9(2)11(17)14-13/h9-10H,4-8,13H2,1-3H3,(H,14,17). The number of piperazine rings is 1. The summed E-state index contributed by atoms with van der Waals surface area (Å²) < 4.78 is 4.97. The number of hydrogen-bond acceptors (Lipinski definition) is 5. The van der Waals surface area contributed by atoms with Gasteiger partial charge in [0.25, 0.3) is 0 Å². The molecule has 7 nitrogen and oxygen atoms in total. The van der Waals surface area contributed by atoms with Gasteiger partial charge in [0, 0.05) is 32.2 Å². The highest BCUT2D eigenvalue weighted by Crippen LogP contribution is 2.14. The number of hydrazine groups is 1. The number of amides is 2. The summed E-state index contributed by atoms with van der Waals surface area (Å²) in [5, 5.41) is 0. The Hall–Kier alpha value is -1.34. The molecule has 2 amide bonds. The van der Waals surface area contributed by atoms with Crippen LogP contribution in [-0.2, 0) is 9.53 Å². The predicted octanol–water partition coefficient (Wildman–Crippen LogP) is -0.225. The van der Waals surface area contributed by atoms with Gasteiger partial charge < -0.3 is 9.64 Å². The van der Waals surface area contributed by atoms with E-state index in [9.17, 15) is 9.59 Å². The lowest BCUT2D eigenvalue weighted by Crippen LogP contribution is -2.54. The second kappa shape index (κ2) is 7.30. The van der Waals surface area contributed by atoms with E-state index >= 15 is 0 Å². The fourth-order valence-corrected chi connectivity index (χ4v) is 2.19. The van der Waals surface area contributed by atoms with Crippen LogP contribution in [-0.4, -0.2) is 60.6 Å². The number of rotatable bonds is 4. The first-order valence-electron chi connectivity index (χ1n) is 6.67. The Morgan fingerprint density at radius 3 is 2.32 bits per heavy atom. The third-order valence-corrected chi connectivity index (χ3v) is 3.70. The van der Waals surface area contributed by atoms with Crippen LogP contribution in [0.4, 0.5) is 4.79 Å². The number of nitrogens with one attached hydrogen (secondary N) is 1. The highest BCUT2D eigenvalue weighted by molar-refractivity contribution is 5.78. The zero-order chi connectivity index (χ0) is 14.4. The van der Waals surface area contributed by atoms with Gasteiger partial charge in [0.15, 0.2) is 0 Å². The first-order valence-corrected chi connectivity index (χ1v) is 6.67. The minimum absolute atomic E-state index is 0.0906. The van der Waals surface area contributed by atoms with Gasteiger partial charge in [-0.2, -0.15) is 0 Å². The molecule has 7 heteroatoms. The van der Waals surface area contributed by atoms with Crippen molar-refractivity contribution in [1.29, 1.82) is 0 Å². The third-order valence-electron chi connectivity index (χ3n) is 3.70. The summed E-state index contributed by atoms with van der Waals surface area (Å²) >= 11 is 0. The van der Waals surface area contributed by atoms with Crippen LogP contribution in [0.5, 0.6) is 0 Å². The average Bonchev–Trinajstić information content (AvgIpc) is 2.45. The average molecular weight is 272 g/mol. The Morgan fingerprint density at radius 2 is 1.84 bits per heavy atom. The van der Waals surface area contributed by atoms with E-state index in [1.807, 2.05) is 13.8 Å². The molecule has 0 radical (unpaired) electrons. The van der Waals surface area contributed by atoms with Crippen LogP contribution in [0.3, 0.4) is 0 Å². The van der Waals surface area contributed by atoms with E-state index in [0.717, 1.165) is 13.1 Å². The van der Waals surface area contributed by atoms with Crippen molar-refractivity contribution >= 4 is 12.0 Å². The Balaban J connectivity index is 2.45. The lowest BCUT2D eigenvalue weighted by molar-refractivity contribution is -0.126. The van der Waals surface area contributed by atoms with Crippen molar-refractivity contribution in [2.75, 3.05) is 32.8 Å². The van der Waals surface area contributed by atoms with Gasteiger partial charge in [-0.25, -0.2) is 10.6 Å². The molecule has 19 heavy (non-hydrogen) atoms. The van der Waals surface area contributed by atoms with Crippen molar-refractivity contribution < 1.29 is 14.3 Å². The minimum atomic E-state index is -0.262. The summed E-state index contributed by atoms with van der Waals surface area (Å²) in [5.41, 5.74) is 2.18. The molecule has 1 heterocycles. The van der Waals surface area contributed by atoms with Gasteiger partial charge in [-0.1, -0.05) is 6.92 Å². The molecule has 0 saturated carbocycles. The number of carbonyl (C=O) groups excluding carboxylic acids is 2. The topological polar surface area (TPSA) is 87.9 Å². The van der Waals surface area contributed by atoms with E-state index in [0.29, 0.717) is 19.7 Å². The molecule has 1 rings (SSSR count). The molecule has 1 aliphatic heterocycles. The van der Waals surface area contributed by atoms with Gasteiger partial charge >= 0.3 is 6.09 Å². The fraction of sp³-hybridized carbons (Fsp3) is 0.833. The van der Waals surface area contributed by atoms with Crippen LogP contribution in [0.25, 0.3) is 0 Å². The molecular weight excluding hydrogens is 248 g/mol. The molecule has 0 aromatic heterocycles. The largest absolute Gasteiger partial charge is 0.450 e. The molecular formula is C12H24N4O3. The van der Waals surface area contributed by atoms with E-state index < -0.39 is 0 Å². The van der Waals surface area contributed by atoms with Crippen LogP contribution < -0.4 is 11.3 Å². The summed E-state index contributed by atoms with van der Waals surface area (Å²) in [6, 6.07) is 0.0906. The molecule has 1 saturated heterocycles. The maximum Gasteiger partial charge on any atom is 0.409 e. The molecule has 110 valence electrons. The van der Waals surface area contributed by atoms with Crippen LogP contribution >= 0.6 is 0 Å². The Morgan fingerprint density at radius 1 is 1.26 bits per heavy atom. The van der Waals surface area contributed by atoms with Gasteiger partial charge in [0.1, 0.15) is 0 Å². The van der Waals surface area contributed by atoms with Crippen molar-refractivity contribution in [2.45, 2.75) is 26.8 Å². The SMILES string of the molecule is CCOC(=O)N1CCN(C(C)C(C)C(=O)NN)CC1. The lowest BCUT2D eigenvalue weighted by atomic mass is 10.0. The summed E-state index contributed by atoms with van der Waals surface area (Å²) in [7, 11) is 0.